The second-order valence-electron chi connectivity index (χ2n) is 6.92. The Morgan fingerprint density at radius 1 is 0.969 bits per heavy atom. The van der Waals surface area contributed by atoms with Crippen LogP contribution in [0, 0.1) is 0 Å². The Hall–Kier alpha value is -3.03. The molecule has 160 valence electrons. The molecular formula is C25H17Br2NO4. The van der Waals surface area contributed by atoms with Crippen LogP contribution in [0.4, 0.5) is 0 Å². The molecular weight excluding hydrogens is 538 g/mol. The highest BCUT2D eigenvalue weighted by atomic mass is 79.9. The Kier molecular flexibility index (Phi) is 6.67. The molecule has 0 aromatic heterocycles. The fourth-order valence-corrected chi connectivity index (χ4v) is 4.46. The third-order valence-electron chi connectivity index (χ3n) is 4.69. The summed E-state index contributed by atoms with van der Waals surface area (Å²) in [5.74, 6) is -0.228. The molecule has 0 bridgehead atoms. The number of nitrogens with zero attached hydrogens (tertiary/aromatic N) is 1. The smallest absolute Gasteiger partial charge is 0.363 e. The van der Waals surface area contributed by atoms with Crippen LogP contribution in [-0.2, 0) is 14.3 Å². The normalized spacial score (nSPS) is 14.3. The van der Waals surface area contributed by atoms with Crippen molar-refractivity contribution >= 4 is 55.8 Å². The molecule has 0 atom stereocenters. The predicted octanol–water partition coefficient (Wildman–Crippen LogP) is 6.54. The lowest BCUT2D eigenvalue weighted by atomic mass is 10.0. The van der Waals surface area contributed by atoms with E-state index < -0.39 is 5.97 Å². The van der Waals surface area contributed by atoms with Gasteiger partial charge in [0, 0.05) is 12.0 Å². The van der Waals surface area contributed by atoms with Crippen LogP contribution in [-0.4, -0.2) is 17.8 Å². The zero-order valence-corrected chi connectivity index (χ0v) is 20.1. The van der Waals surface area contributed by atoms with Crippen LogP contribution in [0.25, 0.3) is 17.2 Å². The molecule has 3 aromatic carbocycles. The van der Waals surface area contributed by atoms with Crippen molar-refractivity contribution in [2.45, 2.75) is 13.3 Å². The number of aliphatic imine (C=N–C) groups is 1. The van der Waals surface area contributed by atoms with E-state index in [1.54, 1.807) is 25.1 Å². The number of rotatable bonds is 5. The highest BCUT2D eigenvalue weighted by Gasteiger charge is 2.24. The number of carbonyl (C=O) groups excluding carboxylic acids is 2. The van der Waals surface area contributed by atoms with Crippen molar-refractivity contribution in [3.05, 3.63) is 92.5 Å². The van der Waals surface area contributed by atoms with Crippen molar-refractivity contribution in [2.75, 3.05) is 0 Å². The summed E-state index contributed by atoms with van der Waals surface area (Å²) in [6.07, 6.45) is 1.88. The van der Waals surface area contributed by atoms with Gasteiger partial charge in [-0.2, -0.15) is 0 Å². The van der Waals surface area contributed by atoms with Crippen molar-refractivity contribution in [2.24, 2.45) is 4.99 Å². The monoisotopic (exact) mass is 553 g/mol. The molecule has 3 aromatic rings. The summed E-state index contributed by atoms with van der Waals surface area (Å²) in [6.45, 7) is 1.72. The third kappa shape index (κ3) is 4.89. The fourth-order valence-electron chi connectivity index (χ4n) is 3.07. The Labute approximate surface area is 202 Å². The average molecular weight is 555 g/mol. The summed E-state index contributed by atoms with van der Waals surface area (Å²) in [4.78, 5) is 28.4. The lowest BCUT2D eigenvalue weighted by molar-refractivity contribution is -0.134. The number of benzene rings is 3. The summed E-state index contributed by atoms with van der Waals surface area (Å²) < 4.78 is 11.8. The van der Waals surface area contributed by atoms with Gasteiger partial charge in [-0.3, -0.25) is 4.79 Å². The summed E-state index contributed by atoms with van der Waals surface area (Å²) in [6, 6.07) is 21.2. The second-order valence-corrected chi connectivity index (χ2v) is 8.63. The quantitative estimate of drug-likeness (QED) is 0.204. The standard InChI is InChI=1S/C25H17Br2NO4/c1-2-22(29)31-23-19(26)12-15(13-20(23)27)14-21-25(30)32-24(28-21)18-10-8-17(9-11-18)16-6-4-3-5-7-16/h3-14H,2H2,1H3/b21-14-. The molecule has 0 unspecified atom stereocenters. The fraction of sp³-hybridized carbons (Fsp3) is 0.0800. The Balaban J connectivity index is 1.58. The van der Waals surface area contributed by atoms with Gasteiger partial charge in [0.25, 0.3) is 0 Å². The van der Waals surface area contributed by atoms with Crippen LogP contribution in [0.2, 0.25) is 0 Å². The molecule has 0 radical (unpaired) electrons. The van der Waals surface area contributed by atoms with Gasteiger partial charge in [-0.05, 0) is 78.9 Å². The van der Waals surface area contributed by atoms with Crippen LogP contribution < -0.4 is 4.74 Å². The second kappa shape index (κ2) is 9.63. The van der Waals surface area contributed by atoms with Crippen molar-refractivity contribution in [3.8, 4) is 16.9 Å². The molecule has 0 fully saturated rings. The molecule has 4 rings (SSSR count). The van der Waals surface area contributed by atoms with Gasteiger partial charge in [0.2, 0.25) is 5.90 Å². The van der Waals surface area contributed by atoms with Gasteiger partial charge < -0.3 is 9.47 Å². The average Bonchev–Trinajstić information content (AvgIpc) is 3.17. The van der Waals surface area contributed by atoms with E-state index in [-0.39, 0.29) is 24.0 Å². The minimum Gasteiger partial charge on any atom is -0.424 e. The van der Waals surface area contributed by atoms with Gasteiger partial charge in [-0.15, -0.1) is 0 Å². The first kappa shape index (κ1) is 22.2. The number of ether oxygens (including phenoxy) is 2. The molecule has 0 saturated heterocycles. The number of hydrogen-bond acceptors (Lipinski definition) is 5. The molecule has 0 aliphatic carbocycles. The van der Waals surface area contributed by atoms with Gasteiger partial charge in [-0.1, -0.05) is 49.4 Å². The Morgan fingerprint density at radius 3 is 2.19 bits per heavy atom. The molecule has 32 heavy (non-hydrogen) atoms. The van der Waals surface area contributed by atoms with Crippen molar-refractivity contribution in [3.63, 3.8) is 0 Å². The molecule has 0 spiro atoms. The first-order chi connectivity index (χ1) is 15.4. The maximum atomic E-state index is 12.4. The summed E-state index contributed by atoms with van der Waals surface area (Å²) >= 11 is 6.81. The lowest BCUT2D eigenvalue weighted by Gasteiger charge is -2.09. The first-order valence-corrected chi connectivity index (χ1v) is 11.4. The minimum absolute atomic E-state index is 0.184. The molecule has 0 amide bonds. The van der Waals surface area contributed by atoms with Gasteiger partial charge in [0.05, 0.1) is 8.95 Å². The van der Waals surface area contributed by atoms with E-state index in [1.165, 1.54) is 0 Å². The molecule has 5 nitrogen and oxygen atoms in total. The zero-order chi connectivity index (χ0) is 22.7. The number of cyclic esters (lactones) is 1. The molecule has 0 N–H and O–H groups in total. The van der Waals surface area contributed by atoms with E-state index in [4.69, 9.17) is 9.47 Å². The maximum absolute atomic E-state index is 12.4. The van der Waals surface area contributed by atoms with Crippen LogP contribution in [0.1, 0.15) is 24.5 Å². The van der Waals surface area contributed by atoms with E-state index in [1.807, 2.05) is 54.6 Å². The summed E-state index contributed by atoms with van der Waals surface area (Å²) in [5.41, 5.74) is 3.76. The van der Waals surface area contributed by atoms with Crippen LogP contribution in [0.3, 0.4) is 0 Å². The lowest BCUT2D eigenvalue weighted by Crippen LogP contribution is -2.06. The Bertz CT molecular complexity index is 1230. The van der Waals surface area contributed by atoms with Gasteiger partial charge in [0.15, 0.2) is 11.4 Å². The van der Waals surface area contributed by atoms with E-state index in [9.17, 15) is 9.59 Å². The van der Waals surface area contributed by atoms with Gasteiger partial charge in [0.1, 0.15) is 0 Å². The topological polar surface area (TPSA) is 65.0 Å². The van der Waals surface area contributed by atoms with E-state index >= 15 is 0 Å². The minimum atomic E-state index is -0.527. The number of carbonyl (C=O) groups is 2. The molecule has 0 saturated carbocycles. The molecule has 1 aliphatic heterocycles. The summed E-state index contributed by atoms with van der Waals surface area (Å²) in [7, 11) is 0. The summed E-state index contributed by atoms with van der Waals surface area (Å²) in [5, 5.41) is 0. The molecule has 7 heteroatoms. The number of hydrogen-bond donors (Lipinski definition) is 0. The largest absolute Gasteiger partial charge is 0.424 e. The van der Waals surface area contributed by atoms with Crippen LogP contribution in [0.5, 0.6) is 5.75 Å². The Morgan fingerprint density at radius 2 is 1.56 bits per heavy atom. The highest BCUT2D eigenvalue weighted by Crippen LogP contribution is 2.36. The van der Waals surface area contributed by atoms with Crippen molar-refractivity contribution < 1.29 is 19.1 Å². The maximum Gasteiger partial charge on any atom is 0.363 e. The van der Waals surface area contributed by atoms with E-state index in [2.05, 4.69) is 36.9 Å². The van der Waals surface area contributed by atoms with Crippen LogP contribution in [0.15, 0.2) is 86.4 Å². The molecule has 1 aliphatic rings. The first-order valence-electron chi connectivity index (χ1n) is 9.82. The van der Waals surface area contributed by atoms with E-state index in [0.29, 0.717) is 25.8 Å². The predicted molar refractivity (Wildman–Crippen MR) is 130 cm³/mol. The van der Waals surface area contributed by atoms with Crippen molar-refractivity contribution in [1.82, 2.24) is 0 Å². The van der Waals surface area contributed by atoms with Crippen molar-refractivity contribution in [1.29, 1.82) is 0 Å². The van der Waals surface area contributed by atoms with Crippen LogP contribution >= 0.6 is 31.9 Å². The number of esters is 2. The zero-order valence-electron chi connectivity index (χ0n) is 17.0. The van der Waals surface area contributed by atoms with Gasteiger partial charge in [-0.25, -0.2) is 9.79 Å². The van der Waals surface area contributed by atoms with Gasteiger partial charge >= 0.3 is 11.9 Å². The number of halogens is 2. The highest BCUT2D eigenvalue weighted by molar-refractivity contribution is 9.11. The molecule has 1 heterocycles. The third-order valence-corrected chi connectivity index (χ3v) is 5.87. The SMILES string of the molecule is CCC(=O)Oc1c(Br)cc(/C=C2\N=C(c3ccc(-c4ccccc4)cc3)OC2=O)cc1Br. The van der Waals surface area contributed by atoms with E-state index in [0.717, 1.165) is 11.1 Å².